The summed E-state index contributed by atoms with van der Waals surface area (Å²) in [5.41, 5.74) is 3.37. The predicted molar refractivity (Wildman–Crippen MR) is 56.1 cm³/mol. The smallest absolute Gasteiger partial charge is 0.0305 e. The lowest BCUT2D eigenvalue weighted by molar-refractivity contribution is 1.39. The van der Waals surface area contributed by atoms with Crippen molar-refractivity contribution in [2.24, 2.45) is 0 Å². The monoisotopic (exact) mass is 176 g/mol. The molecule has 0 bridgehead atoms. The first-order chi connectivity index (χ1) is 4.20. The van der Waals surface area contributed by atoms with Gasteiger partial charge in [-0.1, -0.05) is 37.4 Å². The van der Waals surface area contributed by atoms with Gasteiger partial charge in [0, 0.05) is 17.6 Å². The lowest BCUT2D eigenvalue weighted by Crippen LogP contribution is -2.17. The zero-order valence-corrected chi connectivity index (χ0v) is 11.6. The van der Waals surface area contributed by atoms with Gasteiger partial charge in [-0.2, -0.15) is 0 Å². The zero-order valence-electron chi connectivity index (χ0n) is 7.28. The summed E-state index contributed by atoms with van der Waals surface area (Å²) in [5.74, 6) is 0. The highest BCUT2D eigenvalue weighted by atomic mass is 28.3. The van der Waals surface area contributed by atoms with E-state index >= 15 is 0 Å². The Kier molecular flexibility index (Phi) is 5.83. The predicted octanol–water partition coefficient (Wildman–Crippen LogP) is 0.582. The topological polar surface area (TPSA) is 0 Å². The average molecular weight is 176 g/mol. The highest BCUT2D eigenvalue weighted by Gasteiger charge is 2.06. The minimum atomic E-state index is -0.173. The van der Waals surface area contributed by atoms with Crippen molar-refractivity contribution in [1.82, 2.24) is 0 Å². The summed E-state index contributed by atoms with van der Waals surface area (Å²) in [5, 5.41) is 0. The van der Waals surface area contributed by atoms with E-state index in [-0.39, 0.29) is 17.6 Å². The molecule has 0 aromatic carbocycles. The van der Waals surface area contributed by atoms with Crippen molar-refractivity contribution in [3.8, 4) is 0 Å². The second kappa shape index (κ2) is 5.44. The van der Waals surface area contributed by atoms with E-state index < -0.39 is 0 Å². The molecule has 0 rings (SSSR count). The van der Waals surface area contributed by atoms with Crippen molar-refractivity contribution in [3.63, 3.8) is 0 Å². The van der Waals surface area contributed by atoms with Crippen LogP contribution in [0.2, 0.25) is 30.5 Å². The normalized spacial score (nSPS) is 17.7. The van der Waals surface area contributed by atoms with E-state index in [0.29, 0.717) is 0 Å². The molecular formula is C6H20Si3. The minimum absolute atomic E-state index is 0.133. The maximum Gasteiger partial charge on any atom is 0.0305 e. The van der Waals surface area contributed by atoms with E-state index in [1.165, 1.54) is 16.3 Å². The van der Waals surface area contributed by atoms with Crippen LogP contribution in [0.3, 0.4) is 0 Å². The Bertz CT molecular complexity index is 57.3. The van der Waals surface area contributed by atoms with E-state index in [1.807, 2.05) is 0 Å². The molecule has 0 aromatic rings. The minimum Gasteiger partial charge on any atom is -0.0725 e. The van der Waals surface area contributed by atoms with Crippen LogP contribution in [0, 0.1) is 0 Å². The third-order valence-corrected chi connectivity index (χ3v) is 15.6. The molecule has 0 N–H and O–H groups in total. The molecule has 2 atom stereocenters. The Hall–Kier alpha value is 0.651. The van der Waals surface area contributed by atoms with Gasteiger partial charge >= 0.3 is 0 Å². The standard InChI is InChI=1S/C6H20Si3/c1-4-8(2)6-9(3)5-7/h8-9H,4-6H2,1-3,7H3. The van der Waals surface area contributed by atoms with Crippen molar-refractivity contribution < 1.29 is 0 Å². The van der Waals surface area contributed by atoms with Crippen LogP contribution >= 0.6 is 0 Å². The maximum absolute atomic E-state index is 2.55. The Morgan fingerprint density at radius 1 is 1.22 bits per heavy atom. The SMILES string of the molecule is CC[SiH](C)C[SiH](C)C[SiH3]. The zero-order chi connectivity index (χ0) is 7.28. The van der Waals surface area contributed by atoms with Crippen LogP contribution in [0.25, 0.3) is 0 Å². The quantitative estimate of drug-likeness (QED) is 0.550. The summed E-state index contributed by atoms with van der Waals surface area (Å²) >= 11 is 0. The van der Waals surface area contributed by atoms with Gasteiger partial charge in [-0.15, -0.1) is 0 Å². The highest BCUT2D eigenvalue weighted by molar-refractivity contribution is 6.78. The molecule has 0 saturated carbocycles. The molecule has 9 heavy (non-hydrogen) atoms. The van der Waals surface area contributed by atoms with Gasteiger partial charge in [0.05, 0.1) is 0 Å². The molecule has 0 heterocycles. The molecule has 0 aromatic heterocycles. The molecule has 3 heteroatoms. The average Bonchev–Trinajstić information content (AvgIpc) is 1.87. The van der Waals surface area contributed by atoms with Crippen LogP contribution in [-0.2, 0) is 0 Å². The van der Waals surface area contributed by atoms with Crippen molar-refractivity contribution in [3.05, 3.63) is 0 Å². The second-order valence-electron chi connectivity index (χ2n) is 3.26. The first kappa shape index (κ1) is 9.65. The largest absolute Gasteiger partial charge is 0.0725 e. The van der Waals surface area contributed by atoms with Gasteiger partial charge in [0.15, 0.2) is 0 Å². The summed E-state index contributed by atoms with van der Waals surface area (Å²) in [7, 11) is 1.16. The molecule has 0 aliphatic rings. The van der Waals surface area contributed by atoms with Crippen molar-refractivity contribution in [1.29, 1.82) is 0 Å². The van der Waals surface area contributed by atoms with E-state index in [1.54, 1.807) is 11.3 Å². The Morgan fingerprint density at radius 3 is 2.11 bits per heavy atom. The van der Waals surface area contributed by atoms with E-state index in [4.69, 9.17) is 0 Å². The third-order valence-electron chi connectivity index (χ3n) is 2.20. The van der Waals surface area contributed by atoms with Crippen molar-refractivity contribution in [2.75, 3.05) is 0 Å². The van der Waals surface area contributed by atoms with Crippen LogP contribution in [0.4, 0.5) is 0 Å². The second-order valence-corrected chi connectivity index (χ2v) is 13.7. The van der Waals surface area contributed by atoms with Gasteiger partial charge in [-0.25, -0.2) is 0 Å². The fraction of sp³-hybridized carbons (Fsp3) is 1.00. The Labute approximate surface area is 65.7 Å². The van der Waals surface area contributed by atoms with Gasteiger partial charge in [0.25, 0.3) is 0 Å². The summed E-state index contributed by atoms with van der Waals surface area (Å²) in [4.78, 5) is 0. The van der Waals surface area contributed by atoms with Gasteiger partial charge in [-0.3, -0.25) is 0 Å². The summed E-state index contributed by atoms with van der Waals surface area (Å²) in [6.45, 7) is 7.44. The molecule has 0 nitrogen and oxygen atoms in total. The maximum atomic E-state index is 2.55. The third kappa shape index (κ3) is 5.11. The lowest BCUT2D eigenvalue weighted by Gasteiger charge is -2.10. The lowest BCUT2D eigenvalue weighted by atomic mass is 11.0. The molecule has 2 unspecified atom stereocenters. The molecule has 0 spiro atoms. The number of hydrogen-bond acceptors (Lipinski definition) is 0. The van der Waals surface area contributed by atoms with Crippen molar-refractivity contribution in [2.45, 2.75) is 37.4 Å². The number of hydrogen-bond donors (Lipinski definition) is 0. The van der Waals surface area contributed by atoms with Crippen LogP contribution in [0.1, 0.15) is 6.92 Å². The van der Waals surface area contributed by atoms with Crippen molar-refractivity contribution >= 4 is 27.8 Å². The molecule has 0 radical (unpaired) electrons. The van der Waals surface area contributed by atoms with Crippen LogP contribution in [-0.4, -0.2) is 27.8 Å². The fourth-order valence-electron chi connectivity index (χ4n) is 1.02. The van der Waals surface area contributed by atoms with Gasteiger partial charge in [-0.05, 0) is 10.2 Å². The number of rotatable bonds is 4. The summed E-state index contributed by atoms with van der Waals surface area (Å²) in [6, 6.07) is 1.53. The molecule has 0 amide bonds. The highest BCUT2D eigenvalue weighted by Crippen LogP contribution is 2.03. The Balaban J connectivity index is 3.22. The Morgan fingerprint density at radius 2 is 1.78 bits per heavy atom. The molecule has 0 aliphatic carbocycles. The van der Waals surface area contributed by atoms with E-state index in [0.717, 1.165) is 0 Å². The van der Waals surface area contributed by atoms with Gasteiger partial charge < -0.3 is 0 Å². The van der Waals surface area contributed by atoms with Crippen LogP contribution in [0.15, 0.2) is 0 Å². The summed E-state index contributed by atoms with van der Waals surface area (Å²) in [6.07, 6.45) is 0. The first-order valence-corrected chi connectivity index (χ1v) is 11.2. The molecule has 0 fully saturated rings. The fourth-order valence-corrected chi connectivity index (χ4v) is 12.2. The summed E-state index contributed by atoms with van der Waals surface area (Å²) < 4.78 is 0. The van der Waals surface area contributed by atoms with Gasteiger partial charge in [0.2, 0.25) is 0 Å². The first-order valence-electron chi connectivity index (χ1n) is 4.20. The van der Waals surface area contributed by atoms with E-state index in [2.05, 4.69) is 20.0 Å². The van der Waals surface area contributed by atoms with Crippen LogP contribution < -0.4 is 0 Å². The van der Waals surface area contributed by atoms with Gasteiger partial charge in [0.1, 0.15) is 0 Å². The molecule has 0 aliphatic heterocycles. The molecule has 56 valence electrons. The van der Waals surface area contributed by atoms with Crippen LogP contribution in [0.5, 0.6) is 0 Å². The molecular weight excluding hydrogens is 156 g/mol. The molecule has 0 saturated heterocycles. The van der Waals surface area contributed by atoms with E-state index in [9.17, 15) is 0 Å².